The van der Waals surface area contributed by atoms with E-state index in [1.54, 1.807) is 0 Å². The third-order valence-electron chi connectivity index (χ3n) is 5.59. The van der Waals surface area contributed by atoms with Crippen molar-refractivity contribution >= 4 is 11.6 Å². The summed E-state index contributed by atoms with van der Waals surface area (Å²) in [6.07, 6.45) is 6.75. The highest BCUT2D eigenvalue weighted by molar-refractivity contribution is 6.00. The molecule has 146 valence electrons. The van der Waals surface area contributed by atoms with Crippen LogP contribution in [0.5, 0.6) is 0 Å². The molecule has 2 heteroatoms. The van der Waals surface area contributed by atoms with Gasteiger partial charge in [0.15, 0.2) is 11.6 Å². The number of benzene rings is 2. The van der Waals surface area contributed by atoms with Gasteiger partial charge in [-0.2, -0.15) is 0 Å². The van der Waals surface area contributed by atoms with E-state index in [1.165, 1.54) is 0 Å². The monoisotopic (exact) mass is 374 g/mol. The summed E-state index contributed by atoms with van der Waals surface area (Å²) in [6.45, 7) is 6.51. The number of rotatable bonds is 6. The molecule has 0 amide bonds. The molecule has 0 aromatic heterocycles. The zero-order chi connectivity index (χ0) is 20.1. The second-order valence-electron chi connectivity index (χ2n) is 8.98. The highest BCUT2D eigenvalue weighted by Crippen LogP contribution is 2.42. The Balaban J connectivity index is 1.85. The van der Waals surface area contributed by atoms with Gasteiger partial charge in [0.1, 0.15) is 0 Å². The fraction of sp³-hybridized carbons (Fsp3) is 0.385. The molecule has 0 saturated heterocycles. The maximum atomic E-state index is 13.4. The first-order valence-corrected chi connectivity index (χ1v) is 10.2. The summed E-state index contributed by atoms with van der Waals surface area (Å²) in [5.41, 5.74) is 1.57. The van der Waals surface area contributed by atoms with Gasteiger partial charge in [0, 0.05) is 23.5 Å². The Morgan fingerprint density at radius 3 is 2.04 bits per heavy atom. The molecule has 0 unspecified atom stereocenters. The minimum absolute atomic E-state index is 0.0816. The van der Waals surface area contributed by atoms with Crippen molar-refractivity contribution in [3.05, 3.63) is 83.9 Å². The van der Waals surface area contributed by atoms with Crippen molar-refractivity contribution in [2.45, 2.75) is 40.0 Å². The van der Waals surface area contributed by atoms with Gasteiger partial charge in [0.25, 0.3) is 0 Å². The SMILES string of the molecule is CC(C)(C)/C=C/[C@H]1CC[C@@H](CC(=O)c2ccccc2)[C@@H]1C(=O)c1ccccc1. The summed E-state index contributed by atoms with van der Waals surface area (Å²) < 4.78 is 0. The number of allylic oxidation sites excluding steroid dienone is 2. The van der Waals surface area contributed by atoms with E-state index in [0.29, 0.717) is 6.42 Å². The van der Waals surface area contributed by atoms with E-state index in [1.807, 2.05) is 60.7 Å². The van der Waals surface area contributed by atoms with E-state index in [9.17, 15) is 9.59 Å². The van der Waals surface area contributed by atoms with Gasteiger partial charge in [-0.15, -0.1) is 0 Å². The van der Waals surface area contributed by atoms with Crippen molar-refractivity contribution < 1.29 is 9.59 Å². The van der Waals surface area contributed by atoms with Crippen LogP contribution in [-0.2, 0) is 0 Å². The first kappa shape index (κ1) is 20.3. The lowest BCUT2D eigenvalue weighted by Crippen LogP contribution is -2.26. The summed E-state index contributed by atoms with van der Waals surface area (Å²) in [6, 6.07) is 19.0. The molecule has 1 aliphatic carbocycles. The first-order valence-electron chi connectivity index (χ1n) is 10.2. The van der Waals surface area contributed by atoms with Crippen molar-refractivity contribution in [1.82, 2.24) is 0 Å². The molecule has 1 aliphatic rings. The molecule has 0 spiro atoms. The first-order chi connectivity index (χ1) is 13.3. The molecular formula is C26H30O2. The fourth-order valence-electron chi connectivity index (χ4n) is 4.16. The van der Waals surface area contributed by atoms with Gasteiger partial charge in [-0.3, -0.25) is 9.59 Å². The van der Waals surface area contributed by atoms with E-state index in [-0.39, 0.29) is 34.7 Å². The van der Waals surface area contributed by atoms with E-state index >= 15 is 0 Å². The van der Waals surface area contributed by atoms with Gasteiger partial charge in [-0.05, 0) is 30.1 Å². The van der Waals surface area contributed by atoms with Crippen LogP contribution in [0.1, 0.15) is 60.7 Å². The second-order valence-corrected chi connectivity index (χ2v) is 8.98. The zero-order valence-electron chi connectivity index (χ0n) is 17.1. The zero-order valence-corrected chi connectivity index (χ0v) is 17.1. The van der Waals surface area contributed by atoms with E-state index < -0.39 is 0 Å². The van der Waals surface area contributed by atoms with Gasteiger partial charge in [-0.25, -0.2) is 0 Å². The number of hydrogen-bond acceptors (Lipinski definition) is 2. The van der Waals surface area contributed by atoms with Crippen LogP contribution in [0.25, 0.3) is 0 Å². The highest BCUT2D eigenvalue weighted by atomic mass is 16.1. The lowest BCUT2D eigenvalue weighted by atomic mass is 9.79. The molecule has 0 bridgehead atoms. The molecule has 28 heavy (non-hydrogen) atoms. The van der Waals surface area contributed by atoms with E-state index in [0.717, 1.165) is 24.0 Å². The average molecular weight is 375 g/mol. The Bertz CT molecular complexity index is 828. The number of carbonyl (C=O) groups excluding carboxylic acids is 2. The van der Waals surface area contributed by atoms with Crippen LogP contribution >= 0.6 is 0 Å². The highest BCUT2D eigenvalue weighted by Gasteiger charge is 2.40. The molecule has 2 aromatic carbocycles. The van der Waals surface area contributed by atoms with Gasteiger partial charge in [-0.1, -0.05) is 93.6 Å². The summed E-state index contributed by atoms with van der Waals surface area (Å²) >= 11 is 0. The lowest BCUT2D eigenvalue weighted by Gasteiger charge is -2.23. The Morgan fingerprint density at radius 2 is 1.46 bits per heavy atom. The van der Waals surface area contributed by atoms with Crippen LogP contribution in [0.2, 0.25) is 0 Å². The van der Waals surface area contributed by atoms with Crippen LogP contribution in [0, 0.1) is 23.2 Å². The second kappa shape index (κ2) is 8.68. The predicted molar refractivity (Wildman–Crippen MR) is 114 cm³/mol. The predicted octanol–water partition coefficient (Wildman–Crippen LogP) is 6.39. The molecule has 3 atom stereocenters. The molecule has 0 N–H and O–H groups in total. The summed E-state index contributed by atoms with van der Waals surface area (Å²) in [7, 11) is 0. The largest absolute Gasteiger partial charge is 0.294 e. The minimum Gasteiger partial charge on any atom is -0.294 e. The summed E-state index contributed by atoms with van der Waals surface area (Å²) in [4.78, 5) is 26.2. The maximum absolute atomic E-state index is 13.4. The molecule has 0 radical (unpaired) electrons. The molecule has 0 heterocycles. The molecule has 2 nitrogen and oxygen atoms in total. The molecule has 1 saturated carbocycles. The summed E-state index contributed by atoms with van der Waals surface area (Å²) in [5.74, 6) is 0.466. The fourth-order valence-corrected chi connectivity index (χ4v) is 4.16. The van der Waals surface area contributed by atoms with Gasteiger partial charge in [0.2, 0.25) is 0 Å². The van der Waals surface area contributed by atoms with Gasteiger partial charge < -0.3 is 0 Å². The van der Waals surface area contributed by atoms with Crippen LogP contribution in [0.15, 0.2) is 72.8 Å². The number of Topliss-reactive ketones (excluding diaryl/α,β-unsaturated/α-hetero) is 2. The quantitative estimate of drug-likeness (QED) is 0.434. The van der Waals surface area contributed by atoms with E-state index in [4.69, 9.17) is 0 Å². The average Bonchev–Trinajstić information content (AvgIpc) is 3.09. The molecular weight excluding hydrogens is 344 g/mol. The summed E-state index contributed by atoms with van der Waals surface area (Å²) in [5, 5.41) is 0. The molecule has 3 rings (SSSR count). The Hall–Kier alpha value is -2.48. The Morgan fingerprint density at radius 1 is 0.893 bits per heavy atom. The number of ketones is 2. The van der Waals surface area contributed by atoms with Crippen LogP contribution < -0.4 is 0 Å². The van der Waals surface area contributed by atoms with Crippen molar-refractivity contribution in [1.29, 1.82) is 0 Å². The van der Waals surface area contributed by atoms with Crippen LogP contribution in [0.4, 0.5) is 0 Å². The topological polar surface area (TPSA) is 34.1 Å². The normalized spacial score (nSPS) is 22.5. The van der Waals surface area contributed by atoms with Crippen molar-refractivity contribution in [3.63, 3.8) is 0 Å². The van der Waals surface area contributed by atoms with Crippen molar-refractivity contribution in [2.75, 3.05) is 0 Å². The van der Waals surface area contributed by atoms with Crippen LogP contribution in [0.3, 0.4) is 0 Å². The van der Waals surface area contributed by atoms with E-state index in [2.05, 4.69) is 32.9 Å². The Kier molecular flexibility index (Phi) is 6.28. The third kappa shape index (κ3) is 5.07. The minimum atomic E-state index is -0.131. The maximum Gasteiger partial charge on any atom is 0.166 e. The number of hydrogen-bond donors (Lipinski definition) is 0. The van der Waals surface area contributed by atoms with Crippen LogP contribution in [-0.4, -0.2) is 11.6 Å². The third-order valence-corrected chi connectivity index (χ3v) is 5.59. The Labute approximate surface area is 168 Å². The molecule has 0 aliphatic heterocycles. The van der Waals surface area contributed by atoms with Crippen molar-refractivity contribution in [3.8, 4) is 0 Å². The standard InChI is InChI=1S/C26H30O2/c1-26(2,3)17-16-20-14-15-22(18-23(27)19-10-6-4-7-11-19)24(20)25(28)21-12-8-5-9-13-21/h4-13,16-17,20,22,24H,14-15,18H2,1-3H3/b17-16+/t20-,22+,24-/m1/s1. The lowest BCUT2D eigenvalue weighted by molar-refractivity contribution is 0.0841. The number of carbonyl (C=O) groups is 2. The molecule has 1 fully saturated rings. The molecule has 2 aromatic rings. The van der Waals surface area contributed by atoms with Gasteiger partial charge in [0.05, 0.1) is 0 Å². The van der Waals surface area contributed by atoms with Gasteiger partial charge >= 0.3 is 0 Å². The smallest absolute Gasteiger partial charge is 0.166 e. The van der Waals surface area contributed by atoms with Crippen molar-refractivity contribution in [2.24, 2.45) is 23.2 Å².